The number of rotatable bonds is 0. The minimum atomic E-state index is -0.301. The van der Waals surface area contributed by atoms with Crippen LogP contribution in [0.4, 0.5) is 0 Å². The molecule has 1 N–H and O–H groups in total. The topological polar surface area (TPSA) is 69.5 Å². The molecule has 0 bridgehead atoms. The van der Waals surface area contributed by atoms with Crippen LogP contribution in [0.1, 0.15) is 5.56 Å². The smallest absolute Gasteiger partial charge is 0.259 e. The number of fused-ring (bicyclic) bond motifs is 1. The molecule has 0 amide bonds. The van der Waals surface area contributed by atoms with E-state index in [0.29, 0.717) is 16.5 Å². The molecule has 2 aromatic rings. The zero-order valence-corrected chi connectivity index (χ0v) is 7.67. The third-order valence-electron chi connectivity index (χ3n) is 1.81. The minimum Gasteiger partial charge on any atom is -0.297 e. The van der Waals surface area contributed by atoms with E-state index in [2.05, 4.69) is 9.97 Å². The van der Waals surface area contributed by atoms with Gasteiger partial charge in [0.25, 0.3) is 5.56 Å². The molecular formula is C9H4ClN3O. The third kappa shape index (κ3) is 1.34. The fourth-order valence-electron chi connectivity index (χ4n) is 1.18. The van der Waals surface area contributed by atoms with Gasteiger partial charge in [0.1, 0.15) is 0 Å². The highest BCUT2D eigenvalue weighted by atomic mass is 35.5. The van der Waals surface area contributed by atoms with Crippen LogP contribution in [0.3, 0.4) is 0 Å². The number of hydrogen-bond donors (Lipinski definition) is 1. The molecule has 14 heavy (non-hydrogen) atoms. The summed E-state index contributed by atoms with van der Waals surface area (Å²) in [7, 11) is 0. The van der Waals surface area contributed by atoms with E-state index in [4.69, 9.17) is 16.9 Å². The van der Waals surface area contributed by atoms with Crippen molar-refractivity contribution >= 4 is 22.5 Å². The fourth-order valence-corrected chi connectivity index (χ4v) is 1.36. The van der Waals surface area contributed by atoms with Crippen LogP contribution in [0.25, 0.3) is 10.9 Å². The van der Waals surface area contributed by atoms with Crippen LogP contribution >= 0.6 is 11.6 Å². The summed E-state index contributed by atoms with van der Waals surface area (Å²) in [6.45, 7) is 0. The van der Waals surface area contributed by atoms with Crippen molar-refractivity contribution in [1.82, 2.24) is 9.97 Å². The quantitative estimate of drug-likeness (QED) is 0.662. The second-order valence-electron chi connectivity index (χ2n) is 2.70. The summed E-state index contributed by atoms with van der Waals surface area (Å²) in [5, 5.41) is 9.09. The molecule has 1 aromatic carbocycles. The zero-order chi connectivity index (χ0) is 10.1. The van der Waals surface area contributed by atoms with E-state index in [0.717, 1.165) is 0 Å². The molecule has 5 heteroatoms. The van der Waals surface area contributed by atoms with Crippen LogP contribution in [0.15, 0.2) is 23.0 Å². The standard InChI is InChI=1S/C9H4ClN3O/c10-9-12-7-3-5(4-11)1-2-6(7)8(14)13-9/h1-3H,(H,12,13,14). The molecular weight excluding hydrogens is 202 g/mol. The first-order valence-electron chi connectivity index (χ1n) is 3.80. The second kappa shape index (κ2) is 3.13. The molecule has 2 rings (SSSR count). The molecule has 0 saturated carbocycles. The van der Waals surface area contributed by atoms with E-state index in [1.54, 1.807) is 12.1 Å². The van der Waals surface area contributed by atoms with Crippen molar-refractivity contribution in [1.29, 1.82) is 5.26 Å². The summed E-state index contributed by atoms with van der Waals surface area (Å²) >= 11 is 5.57. The summed E-state index contributed by atoms with van der Waals surface area (Å²) in [5.41, 5.74) is 0.578. The van der Waals surface area contributed by atoms with Gasteiger partial charge in [0.2, 0.25) is 5.28 Å². The number of aromatic nitrogens is 2. The summed E-state index contributed by atoms with van der Waals surface area (Å²) in [6, 6.07) is 6.60. The van der Waals surface area contributed by atoms with Crippen molar-refractivity contribution in [3.8, 4) is 6.07 Å². The van der Waals surface area contributed by atoms with Gasteiger partial charge >= 0.3 is 0 Å². The van der Waals surface area contributed by atoms with Crippen LogP contribution in [0, 0.1) is 11.3 Å². The highest BCUT2D eigenvalue weighted by molar-refractivity contribution is 6.28. The molecule has 0 saturated heterocycles. The van der Waals surface area contributed by atoms with Crippen LogP contribution in [-0.4, -0.2) is 9.97 Å². The van der Waals surface area contributed by atoms with Crippen molar-refractivity contribution in [2.45, 2.75) is 0 Å². The Balaban J connectivity index is 2.90. The fraction of sp³-hybridized carbons (Fsp3) is 0. The monoisotopic (exact) mass is 205 g/mol. The van der Waals surface area contributed by atoms with E-state index < -0.39 is 0 Å². The average Bonchev–Trinajstić information content (AvgIpc) is 2.16. The molecule has 1 heterocycles. The average molecular weight is 206 g/mol. The first-order chi connectivity index (χ1) is 6.70. The maximum absolute atomic E-state index is 11.3. The highest BCUT2D eigenvalue weighted by Gasteiger charge is 2.02. The van der Waals surface area contributed by atoms with E-state index in [1.807, 2.05) is 6.07 Å². The normalized spacial score (nSPS) is 10.0. The van der Waals surface area contributed by atoms with Gasteiger partial charge in [0.15, 0.2) is 0 Å². The Morgan fingerprint density at radius 1 is 1.50 bits per heavy atom. The Hall–Kier alpha value is -1.86. The maximum Gasteiger partial charge on any atom is 0.259 e. The molecule has 0 unspecified atom stereocenters. The van der Waals surface area contributed by atoms with Gasteiger partial charge in [-0.3, -0.25) is 9.78 Å². The molecule has 0 aliphatic carbocycles. The molecule has 0 atom stereocenters. The van der Waals surface area contributed by atoms with E-state index in [-0.39, 0.29) is 10.8 Å². The SMILES string of the molecule is N#Cc1ccc2c(=O)[nH]c(Cl)nc2c1. The number of nitrogens with zero attached hydrogens (tertiary/aromatic N) is 2. The number of nitrogens with one attached hydrogen (secondary N) is 1. The van der Waals surface area contributed by atoms with Gasteiger partial charge in [-0.2, -0.15) is 5.26 Å². The zero-order valence-electron chi connectivity index (χ0n) is 6.91. The first-order valence-corrected chi connectivity index (χ1v) is 4.18. The lowest BCUT2D eigenvalue weighted by molar-refractivity contribution is 1.17. The Labute approximate surface area is 83.8 Å². The first kappa shape index (κ1) is 8.73. The largest absolute Gasteiger partial charge is 0.297 e. The molecule has 4 nitrogen and oxygen atoms in total. The third-order valence-corrected chi connectivity index (χ3v) is 1.99. The number of halogens is 1. The molecule has 68 valence electrons. The van der Waals surface area contributed by atoms with Crippen molar-refractivity contribution in [3.63, 3.8) is 0 Å². The predicted octanol–water partition coefficient (Wildman–Crippen LogP) is 1.45. The van der Waals surface area contributed by atoms with Crippen LogP contribution in [-0.2, 0) is 0 Å². The lowest BCUT2D eigenvalue weighted by Crippen LogP contribution is -2.07. The Morgan fingerprint density at radius 3 is 3.00 bits per heavy atom. The van der Waals surface area contributed by atoms with Gasteiger partial charge in [-0.25, -0.2) is 4.98 Å². The van der Waals surface area contributed by atoms with Gasteiger partial charge in [-0.05, 0) is 29.8 Å². The Kier molecular flexibility index (Phi) is 1.95. The number of benzene rings is 1. The van der Waals surface area contributed by atoms with Gasteiger partial charge in [-0.1, -0.05) is 0 Å². The van der Waals surface area contributed by atoms with Crippen molar-refractivity contribution in [2.24, 2.45) is 0 Å². The van der Waals surface area contributed by atoms with Gasteiger partial charge in [-0.15, -0.1) is 0 Å². The number of H-pyrrole nitrogens is 1. The predicted molar refractivity (Wildman–Crippen MR) is 52.1 cm³/mol. The van der Waals surface area contributed by atoms with E-state index in [9.17, 15) is 4.79 Å². The van der Waals surface area contributed by atoms with Crippen LogP contribution < -0.4 is 5.56 Å². The lowest BCUT2D eigenvalue weighted by Gasteiger charge is -1.96. The molecule has 0 fully saturated rings. The van der Waals surface area contributed by atoms with Gasteiger partial charge < -0.3 is 0 Å². The highest BCUT2D eigenvalue weighted by Crippen LogP contribution is 2.10. The van der Waals surface area contributed by atoms with E-state index >= 15 is 0 Å². The number of hydrogen-bond acceptors (Lipinski definition) is 3. The molecule has 0 aliphatic rings. The summed E-state index contributed by atoms with van der Waals surface area (Å²) in [4.78, 5) is 17.6. The van der Waals surface area contributed by atoms with Crippen molar-refractivity contribution in [2.75, 3.05) is 0 Å². The summed E-state index contributed by atoms with van der Waals surface area (Å²) in [5.74, 6) is 0. The van der Waals surface area contributed by atoms with Gasteiger partial charge in [0.05, 0.1) is 22.5 Å². The molecule has 0 spiro atoms. The molecule has 0 radical (unpaired) electrons. The van der Waals surface area contributed by atoms with Crippen LogP contribution in [0.2, 0.25) is 5.28 Å². The maximum atomic E-state index is 11.3. The second-order valence-corrected chi connectivity index (χ2v) is 3.06. The summed E-state index contributed by atoms with van der Waals surface area (Å²) < 4.78 is 0. The number of nitriles is 1. The lowest BCUT2D eigenvalue weighted by atomic mass is 10.2. The van der Waals surface area contributed by atoms with Crippen molar-refractivity contribution in [3.05, 3.63) is 39.4 Å². The summed E-state index contributed by atoms with van der Waals surface area (Å²) in [6.07, 6.45) is 0. The van der Waals surface area contributed by atoms with Gasteiger partial charge in [0, 0.05) is 0 Å². The molecule has 1 aromatic heterocycles. The Morgan fingerprint density at radius 2 is 2.29 bits per heavy atom. The van der Waals surface area contributed by atoms with Crippen LogP contribution in [0.5, 0.6) is 0 Å². The minimum absolute atomic E-state index is 0.0255. The number of aromatic amines is 1. The Bertz CT molecular complexity index is 597. The molecule has 0 aliphatic heterocycles. The van der Waals surface area contributed by atoms with Crippen molar-refractivity contribution < 1.29 is 0 Å². The van der Waals surface area contributed by atoms with E-state index in [1.165, 1.54) is 6.07 Å².